The third-order valence-electron chi connectivity index (χ3n) is 1.90. The maximum absolute atomic E-state index is 11.4. The van der Waals surface area contributed by atoms with Crippen molar-refractivity contribution in [1.82, 2.24) is 10.3 Å². The molecule has 1 heterocycles. The molecule has 0 fully saturated rings. The fraction of sp³-hybridized carbons (Fsp3) is 0.300. The highest BCUT2D eigenvalue weighted by Gasteiger charge is 2.18. The van der Waals surface area contributed by atoms with E-state index in [0.717, 1.165) is 0 Å². The molecule has 0 aliphatic heterocycles. The minimum Gasteiger partial charge on any atom is -0.480 e. The van der Waals surface area contributed by atoms with Gasteiger partial charge in [-0.25, -0.2) is 4.79 Å². The molecule has 6 heteroatoms. The summed E-state index contributed by atoms with van der Waals surface area (Å²) in [5.41, 5.74) is 0.682. The number of hydrogen-bond acceptors (Lipinski definition) is 4. The molecule has 0 saturated heterocycles. The molecule has 0 aromatic carbocycles. The standard InChI is InChI=1S/C10H12N2O4/c13-6-8(10(15)16)12-9(14)4-7-2-1-3-11-5-7/h1-3,5,8,13H,4,6H2,(H,12,14)(H,15,16)/t8-/m1/s1. The summed E-state index contributed by atoms with van der Waals surface area (Å²) in [5, 5.41) is 19.5. The van der Waals surface area contributed by atoms with Gasteiger partial charge in [0, 0.05) is 12.4 Å². The predicted molar refractivity (Wildman–Crippen MR) is 54.6 cm³/mol. The quantitative estimate of drug-likeness (QED) is 0.607. The SMILES string of the molecule is O=C(Cc1cccnc1)N[C@H](CO)C(=O)O. The van der Waals surface area contributed by atoms with Gasteiger partial charge in [-0.05, 0) is 11.6 Å². The number of carboxylic acids is 1. The zero-order valence-corrected chi connectivity index (χ0v) is 8.46. The van der Waals surface area contributed by atoms with Gasteiger partial charge in [0.05, 0.1) is 13.0 Å². The van der Waals surface area contributed by atoms with Crippen LogP contribution in [0.25, 0.3) is 0 Å². The smallest absolute Gasteiger partial charge is 0.328 e. The van der Waals surface area contributed by atoms with Gasteiger partial charge >= 0.3 is 5.97 Å². The van der Waals surface area contributed by atoms with Crippen LogP contribution >= 0.6 is 0 Å². The van der Waals surface area contributed by atoms with Crippen molar-refractivity contribution in [3.63, 3.8) is 0 Å². The van der Waals surface area contributed by atoms with Gasteiger partial charge in [-0.2, -0.15) is 0 Å². The molecule has 16 heavy (non-hydrogen) atoms. The molecule has 0 aliphatic rings. The largest absolute Gasteiger partial charge is 0.480 e. The average Bonchev–Trinajstić information content (AvgIpc) is 2.27. The number of aromatic nitrogens is 1. The molecule has 0 saturated carbocycles. The maximum atomic E-state index is 11.4. The molecule has 6 nitrogen and oxygen atoms in total. The lowest BCUT2D eigenvalue weighted by atomic mass is 10.2. The van der Waals surface area contributed by atoms with Crippen molar-refractivity contribution in [2.45, 2.75) is 12.5 Å². The Labute approximate surface area is 91.9 Å². The number of carboxylic acid groups (broad SMARTS) is 1. The Kier molecular flexibility index (Phi) is 4.41. The molecule has 86 valence electrons. The van der Waals surface area contributed by atoms with Crippen molar-refractivity contribution in [3.05, 3.63) is 30.1 Å². The predicted octanol–water partition coefficient (Wildman–Crippen LogP) is -0.814. The zero-order chi connectivity index (χ0) is 12.0. The summed E-state index contributed by atoms with van der Waals surface area (Å²) in [5.74, 6) is -1.73. The summed E-state index contributed by atoms with van der Waals surface area (Å²) in [7, 11) is 0. The van der Waals surface area contributed by atoms with Crippen LogP contribution in [-0.4, -0.2) is 39.7 Å². The van der Waals surface area contributed by atoms with Gasteiger partial charge in [0.2, 0.25) is 5.91 Å². The number of carbonyl (C=O) groups excluding carboxylic acids is 1. The van der Waals surface area contributed by atoms with E-state index in [0.29, 0.717) is 5.56 Å². The molecule has 0 aliphatic carbocycles. The van der Waals surface area contributed by atoms with Crippen LogP contribution in [0.15, 0.2) is 24.5 Å². The first-order valence-electron chi connectivity index (χ1n) is 4.65. The molecule has 0 radical (unpaired) electrons. The third kappa shape index (κ3) is 3.66. The van der Waals surface area contributed by atoms with Crippen LogP contribution in [0.3, 0.4) is 0 Å². The fourth-order valence-corrected chi connectivity index (χ4v) is 1.12. The third-order valence-corrected chi connectivity index (χ3v) is 1.90. The van der Waals surface area contributed by atoms with Crippen LogP contribution in [0.4, 0.5) is 0 Å². The number of aliphatic carboxylic acids is 1. The Morgan fingerprint density at radius 2 is 2.25 bits per heavy atom. The summed E-state index contributed by atoms with van der Waals surface area (Å²) in [6.07, 6.45) is 3.14. The van der Waals surface area contributed by atoms with Crippen LogP contribution in [0.5, 0.6) is 0 Å². The average molecular weight is 224 g/mol. The van der Waals surface area contributed by atoms with Crippen molar-refractivity contribution in [2.75, 3.05) is 6.61 Å². The Hall–Kier alpha value is -1.95. The first-order chi connectivity index (χ1) is 7.63. The number of aliphatic hydroxyl groups is 1. The monoisotopic (exact) mass is 224 g/mol. The molecular weight excluding hydrogens is 212 g/mol. The lowest BCUT2D eigenvalue weighted by Crippen LogP contribution is -2.43. The highest BCUT2D eigenvalue weighted by Crippen LogP contribution is 1.97. The summed E-state index contributed by atoms with van der Waals surface area (Å²) < 4.78 is 0. The van der Waals surface area contributed by atoms with Crippen LogP contribution in [-0.2, 0) is 16.0 Å². The second-order valence-corrected chi connectivity index (χ2v) is 3.18. The fourth-order valence-electron chi connectivity index (χ4n) is 1.12. The Morgan fingerprint density at radius 3 is 2.75 bits per heavy atom. The first kappa shape index (κ1) is 12.1. The lowest BCUT2D eigenvalue weighted by Gasteiger charge is -2.11. The molecular formula is C10H12N2O4. The van der Waals surface area contributed by atoms with E-state index in [9.17, 15) is 9.59 Å². The number of rotatable bonds is 5. The van der Waals surface area contributed by atoms with Gasteiger partial charge in [0.25, 0.3) is 0 Å². The summed E-state index contributed by atoms with van der Waals surface area (Å²) >= 11 is 0. The normalized spacial score (nSPS) is 11.8. The van der Waals surface area contributed by atoms with Gasteiger partial charge < -0.3 is 15.5 Å². The van der Waals surface area contributed by atoms with Crippen molar-refractivity contribution in [2.24, 2.45) is 0 Å². The lowest BCUT2D eigenvalue weighted by molar-refractivity contribution is -0.142. The van der Waals surface area contributed by atoms with Crippen molar-refractivity contribution in [1.29, 1.82) is 0 Å². The van der Waals surface area contributed by atoms with Crippen LogP contribution in [0.2, 0.25) is 0 Å². The number of pyridine rings is 1. The number of aliphatic hydroxyl groups excluding tert-OH is 1. The Bertz CT molecular complexity index is 366. The number of nitrogens with one attached hydrogen (secondary N) is 1. The molecule has 1 atom stereocenters. The van der Waals surface area contributed by atoms with Crippen molar-refractivity contribution >= 4 is 11.9 Å². The van der Waals surface area contributed by atoms with Crippen LogP contribution in [0, 0.1) is 0 Å². The highest BCUT2D eigenvalue weighted by atomic mass is 16.4. The first-order valence-corrected chi connectivity index (χ1v) is 4.65. The number of amides is 1. The van der Waals surface area contributed by atoms with Crippen molar-refractivity contribution in [3.8, 4) is 0 Å². The number of hydrogen-bond donors (Lipinski definition) is 3. The molecule has 3 N–H and O–H groups in total. The van der Waals surface area contributed by atoms with Gasteiger partial charge in [-0.1, -0.05) is 6.07 Å². The molecule has 1 rings (SSSR count). The minimum atomic E-state index is -1.26. The van der Waals surface area contributed by atoms with E-state index in [1.807, 2.05) is 0 Å². The molecule has 1 aromatic heterocycles. The van der Waals surface area contributed by atoms with Gasteiger partial charge in [-0.3, -0.25) is 9.78 Å². The molecule has 1 aromatic rings. The van der Waals surface area contributed by atoms with Crippen LogP contribution < -0.4 is 5.32 Å². The van der Waals surface area contributed by atoms with Gasteiger partial charge in [0.1, 0.15) is 6.04 Å². The van der Waals surface area contributed by atoms with Gasteiger partial charge in [-0.15, -0.1) is 0 Å². The second kappa shape index (κ2) is 5.82. The Morgan fingerprint density at radius 1 is 1.50 bits per heavy atom. The Balaban J connectivity index is 2.50. The number of nitrogens with zero attached hydrogens (tertiary/aromatic N) is 1. The van der Waals surface area contributed by atoms with E-state index in [1.54, 1.807) is 18.3 Å². The zero-order valence-electron chi connectivity index (χ0n) is 8.46. The van der Waals surface area contributed by atoms with E-state index < -0.39 is 24.5 Å². The number of carbonyl (C=O) groups is 2. The van der Waals surface area contributed by atoms with E-state index in [-0.39, 0.29) is 6.42 Å². The van der Waals surface area contributed by atoms with E-state index in [2.05, 4.69) is 10.3 Å². The molecule has 0 unspecified atom stereocenters. The second-order valence-electron chi connectivity index (χ2n) is 3.18. The highest BCUT2D eigenvalue weighted by molar-refractivity contribution is 5.84. The van der Waals surface area contributed by atoms with E-state index in [1.165, 1.54) is 6.20 Å². The maximum Gasteiger partial charge on any atom is 0.328 e. The molecule has 0 spiro atoms. The van der Waals surface area contributed by atoms with Gasteiger partial charge in [0.15, 0.2) is 0 Å². The topological polar surface area (TPSA) is 99.5 Å². The van der Waals surface area contributed by atoms with E-state index in [4.69, 9.17) is 10.2 Å². The van der Waals surface area contributed by atoms with E-state index >= 15 is 0 Å². The minimum absolute atomic E-state index is 0.0393. The molecule has 0 bridgehead atoms. The summed E-state index contributed by atoms with van der Waals surface area (Å²) in [6.45, 7) is -0.631. The van der Waals surface area contributed by atoms with Crippen molar-refractivity contribution < 1.29 is 19.8 Å². The van der Waals surface area contributed by atoms with Crippen LogP contribution in [0.1, 0.15) is 5.56 Å². The molecule has 1 amide bonds. The summed E-state index contributed by atoms with van der Waals surface area (Å²) in [6, 6.07) is 2.13. The summed E-state index contributed by atoms with van der Waals surface area (Å²) in [4.78, 5) is 25.7.